The fourth-order valence-electron chi connectivity index (χ4n) is 2.96. The van der Waals surface area contributed by atoms with E-state index in [9.17, 15) is 14.0 Å². The highest BCUT2D eigenvalue weighted by Crippen LogP contribution is 2.22. The largest absolute Gasteiger partial charge is 0.341 e. The molecular weight excluding hydrogens is 297 g/mol. The van der Waals surface area contributed by atoms with Gasteiger partial charge >= 0.3 is 0 Å². The summed E-state index contributed by atoms with van der Waals surface area (Å²) in [6.07, 6.45) is 0.759. The standard InChI is InChI=1S/C17H24FN3O2/c1-13(22)20-8-5-9-21(11-10-20)17(23)16(19(2)3)14-6-4-7-15(18)12-14/h4,6-7,12,16H,5,8-11H2,1-3H3/t16-/m1/s1. The van der Waals surface area contributed by atoms with Crippen molar-refractivity contribution in [2.45, 2.75) is 19.4 Å². The first-order chi connectivity index (χ1) is 10.9. The van der Waals surface area contributed by atoms with Crippen LogP contribution in [0, 0.1) is 5.82 Å². The van der Waals surface area contributed by atoms with Crippen LogP contribution in [0.1, 0.15) is 24.9 Å². The third kappa shape index (κ3) is 4.28. The first-order valence-corrected chi connectivity index (χ1v) is 7.86. The highest BCUT2D eigenvalue weighted by molar-refractivity contribution is 5.83. The van der Waals surface area contributed by atoms with Gasteiger partial charge in [0.15, 0.2) is 0 Å². The molecule has 5 nitrogen and oxygen atoms in total. The van der Waals surface area contributed by atoms with Crippen molar-refractivity contribution >= 4 is 11.8 Å². The van der Waals surface area contributed by atoms with Crippen LogP contribution < -0.4 is 0 Å². The van der Waals surface area contributed by atoms with Crippen molar-refractivity contribution in [3.63, 3.8) is 0 Å². The normalized spacial score (nSPS) is 17.1. The fourth-order valence-corrected chi connectivity index (χ4v) is 2.96. The summed E-state index contributed by atoms with van der Waals surface area (Å²) in [4.78, 5) is 29.8. The third-order valence-corrected chi connectivity index (χ3v) is 4.17. The van der Waals surface area contributed by atoms with Crippen LogP contribution in [-0.2, 0) is 9.59 Å². The van der Waals surface area contributed by atoms with Gasteiger partial charge in [0.2, 0.25) is 11.8 Å². The number of likely N-dealkylation sites (N-methyl/N-ethyl adjacent to an activating group) is 1. The van der Waals surface area contributed by atoms with Crippen LogP contribution in [0.4, 0.5) is 4.39 Å². The van der Waals surface area contributed by atoms with Gasteiger partial charge in [0.1, 0.15) is 11.9 Å². The smallest absolute Gasteiger partial charge is 0.244 e. The van der Waals surface area contributed by atoms with E-state index < -0.39 is 6.04 Å². The predicted octanol–water partition coefficient (Wildman–Crippen LogP) is 1.51. The Labute approximate surface area is 136 Å². The van der Waals surface area contributed by atoms with E-state index in [0.29, 0.717) is 31.7 Å². The molecule has 0 spiro atoms. The Hall–Kier alpha value is -1.95. The molecule has 1 saturated heterocycles. The predicted molar refractivity (Wildman–Crippen MR) is 86.3 cm³/mol. The molecule has 0 saturated carbocycles. The van der Waals surface area contributed by atoms with E-state index in [1.807, 2.05) is 14.1 Å². The minimum absolute atomic E-state index is 0.0357. The average Bonchev–Trinajstić information content (AvgIpc) is 2.73. The number of hydrogen-bond acceptors (Lipinski definition) is 3. The maximum Gasteiger partial charge on any atom is 0.244 e. The summed E-state index contributed by atoms with van der Waals surface area (Å²) in [5.41, 5.74) is 0.646. The van der Waals surface area contributed by atoms with Crippen molar-refractivity contribution in [1.82, 2.24) is 14.7 Å². The van der Waals surface area contributed by atoms with Crippen molar-refractivity contribution in [2.75, 3.05) is 40.3 Å². The van der Waals surface area contributed by atoms with Crippen LogP contribution in [0.2, 0.25) is 0 Å². The summed E-state index contributed by atoms with van der Waals surface area (Å²) >= 11 is 0. The number of benzene rings is 1. The molecule has 2 rings (SSSR count). The molecule has 1 aromatic carbocycles. The van der Waals surface area contributed by atoms with Crippen molar-refractivity contribution in [2.24, 2.45) is 0 Å². The molecule has 1 fully saturated rings. The maximum absolute atomic E-state index is 13.5. The van der Waals surface area contributed by atoms with Crippen LogP contribution >= 0.6 is 0 Å². The molecule has 2 amide bonds. The lowest BCUT2D eigenvalue weighted by Gasteiger charge is -2.30. The second-order valence-corrected chi connectivity index (χ2v) is 6.11. The molecule has 6 heteroatoms. The topological polar surface area (TPSA) is 43.9 Å². The molecule has 1 atom stereocenters. The van der Waals surface area contributed by atoms with Gasteiger partial charge in [0.25, 0.3) is 0 Å². The summed E-state index contributed by atoms with van der Waals surface area (Å²) in [5, 5.41) is 0. The van der Waals surface area contributed by atoms with E-state index in [0.717, 1.165) is 6.42 Å². The zero-order chi connectivity index (χ0) is 17.0. The van der Waals surface area contributed by atoms with Crippen molar-refractivity contribution < 1.29 is 14.0 Å². The van der Waals surface area contributed by atoms with E-state index in [1.54, 1.807) is 33.8 Å². The van der Waals surface area contributed by atoms with Gasteiger partial charge in [0, 0.05) is 33.1 Å². The van der Waals surface area contributed by atoms with Gasteiger partial charge < -0.3 is 9.80 Å². The average molecular weight is 321 g/mol. The molecule has 0 aromatic heterocycles. The van der Waals surface area contributed by atoms with Crippen molar-refractivity contribution in [3.8, 4) is 0 Å². The minimum Gasteiger partial charge on any atom is -0.341 e. The van der Waals surface area contributed by atoms with Gasteiger partial charge in [-0.05, 0) is 38.2 Å². The quantitative estimate of drug-likeness (QED) is 0.848. The Morgan fingerprint density at radius 3 is 2.39 bits per heavy atom. The van der Waals surface area contributed by atoms with E-state index in [-0.39, 0.29) is 17.6 Å². The first-order valence-electron chi connectivity index (χ1n) is 7.86. The number of amides is 2. The zero-order valence-corrected chi connectivity index (χ0v) is 14.0. The number of carbonyl (C=O) groups excluding carboxylic acids is 2. The van der Waals surface area contributed by atoms with Gasteiger partial charge in [0.05, 0.1) is 0 Å². The number of nitrogens with zero attached hydrogens (tertiary/aromatic N) is 3. The number of hydrogen-bond donors (Lipinski definition) is 0. The van der Waals surface area contributed by atoms with Gasteiger partial charge in [-0.25, -0.2) is 4.39 Å². The second-order valence-electron chi connectivity index (χ2n) is 6.11. The van der Waals surface area contributed by atoms with Crippen molar-refractivity contribution in [3.05, 3.63) is 35.6 Å². The van der Waals surface area contributed by atoms with Crippen LogP contribution in [0.25, 0.3) is 0 Å². The monoisotopic (exact) mass is 321 g/mol. The van der Waals surface area contributed by atoms with Crippen LogP contribution in [-0.4, -0.2) is 66.8 Å². The molecule has 0 unspecified atom stereocenters. The molecule has 126 valence electrons. The molecule has 1 aliphatic heterocycles. The molecule has 23 heavy (non-hydrogen) atoms. The SMILES string of the molecule is CC(=O)N1CCCN(C(=O)[C@@H](c2cccc(F)c2)N(C)C)CC1. The van der Waals surface area contributed by atoms with E-state index >= 15 is 0 Å². The zero-order valence-electron chi connectivity index (χ0n) is 14.0. The first kappa shape index (κ1) is 17.4. The van der Waals surface area contributed by atoms with Gasteiger partial charge in [-0.2, -0.15) is 0 Å². The van der Waals surface area contributed by atoms with Gasteiger partial charge in [-0.3, -0.25) is 14.5 Å². The summed E-state index contributed by atoms with van der Waals surface area (Å²) in [5.74, 6) is -0.361. The maximum atomic E-state index is 13.5. The molecular formula is C17H24FN3O2. The Morgan fingerprint density at radius 1 is 1.13 bits per heavy atom. The second kappa shape index (κ2) is 7.55. The third-order valence-electron chi connectivity index (χ3n) is 4.17. The lowest BCUT2D eigenvalue weighted by molar-refractivity contribution is -0.137. The molecule has 1 heterocycles. The van der Waals surface area contributed by atoms with Crippen LogP contribution in [0.3, 0.4) is 0 Å². The Balaban J connectivity index is 2.16. The summed E-state index contributed by atoms with van der Waals surface area (Å²) < 4.78 is 13.5. The molecule has 1 aliphatic rings. The fraction of sp³-hybridized carbons (Fsp3) is 0.529. The summed E-state index contributed by atoms with van der Waals surface area (Å²) in [6, 6.07) is 5.65. The summed E-state index contributed by atoms with van der Waals surface area (Å²) in [7, 11) is 3.63. The molecule has 0 bridgehead atoms. The van der Waals surface area contributed by atoms with Crippen LogP contribution in [0.15, 0.2) is 24.3 Å². The highest BCUT2D eigenvalue weighted by atomic mass is 19.1. The Bertz CT molecular complexity index is 577. The molecule has 0 radical (unpaired) electrons. The van der Waals surface area contributed by atoms with Gasteiger partial charge in [-0.15, -0.1) is 0 Å². The molecule has 0 N–H and O–H groups in total. The highest BCUT2D eigenvalue weighted by Gasteiger charge is 2.29. The minimum atomic E-state index is -0.519. The number of halogens is 1. The molecule has 0 aliphatic carbocycles. The Kier molecular flexibility index (Phi) is 5.71. The summed E-state index contributed by atoms with van der Waals surface area (Å²) in [6.45, 7) is 3.89. The van der Waals surface area contributed by atoms with Crippen molar-refractivity contribution in [1.29, 1.82) is 0 Å². The number of rotatable bonds is 3. The number of carbonyl (C=O) groups is 2. The van der Waals surface area contributed by atoms with Gasteiger partial charge in [-0.1, -0.05) is 12.1 Å². The lowest BCUT2D eigenvalue weighted by atomic mass is 10.0. The van der Waals surface area contributed by atoms with Crippen LogP contribution in [0.5, 0.6) is 0 Å². The van der Waals surface area contributed by atoms with E-state index in [1.165, 1.54) is 12.1 Å². The van der Waals surface area contributed by atoms with E-state index in [2.05, 4.69) is 0 Å². The lowest BCUT2D eigenvalue weighted by Crippen LogP contribution is -2.42. The Morgan fingerprint density at radius 2 is 1.78 bits per heavy atom. The molecule has 1 aromatic rings. The van der Waals surface area contributed by atoms with E-state index in [4.69, 9.17) is 0 Å².